The van der Waals surface area contributed by atoms with Gasteiger partial charge in [-0.1, -0.05) is 41.5 Å². The van der Waals surface area contributed by atoms with Crippen LogP contribution in [-0.2, 0) is 4.79 Å². The molecule has 0 aliphatic rings. The number of anilines is 1. The number of carbonyl (C=O) groups is 1. The fourth-order valence-corrected chi connectivity index (χ4v) is 2.54. The van der Waals surface area contributed by atoms with Crippen molar-refractivity contribution < 1.29 is 14.6 Å². The highest BCUT2D eigenvalue weighted by Gasteiger charge is 2.06. The molecule has 2 aromatic carbocycles. The third-order valence-corrected chi connectivity index (χ3v) is 4.48. The molecule has 0 radical (unpaired) electrons. The molecule has 0 fully saturated rings. The number of rotatable bonds is 5. The summed E-state index contributed by atoms with van der Waals surface area (Å²) in [4.78, 5) is 10.7. The first kappa shape index (κ1) is 19.0. The summed E-state index contributed by atoms with van der Waals surface area (Å²) in [6.07, 6.45) is 2.00. The minimum Gasteiger partial charge on any atom is -0.481 e. The zero-order valence-corrected chi connectivity index (χ0v) is 15.7. The Morgan fingerprint density at radius 1 is 1.24 bits per heavy atom. The molecule has 0 amide bonds. The van der Waals surface area contributed by atoms with Gasteiger partial charge in [-0.05, 0) is 42.8 Å². The van der Waals surface area contributed by atoms with Gasteiger partial charge in [0.15, 0.2) is 6.61 Å². The number of hydrogen-bond donors (Lipinski definition) is 1. The number of ether oxygens (including phenoxy) is 1. The second-order valence-electron chi connectivity index (χ2n) is 5.25. The third kappa shape index (κ3) is 5.35. The van der Waals surface area contributed by atoms with E-state index in [1.165, 1.54) is 0 Å². The van der Waals surface area contributed by atoms with Crippen molar-refractivity contribution in [2.45, 2.75) is 6.92 Å². The van der Waals surface area contributed by atoms with Crippen LogP contribution in [0.3, 0.4) is 0 Å². The maximum absolute atomic E-state index is 10.7. The molecule has 0 aliphatic heterocycles. The summed E-state index contributed by atoms with van der Waals surface area (Å²) in [5.41, 5.74) is 3.55. The zero-order valence-electron chi connectivity index (χ0n) is 14.2. The van der Waals surface area contributed by atoms with E-state index in [0.29, 0.717) is 16.3 Å². The molecule has 130 valence electrons. The van der Waals surface area contributed by atoms with Crippen LogP contribution in [0, 0.1) is 18.8 Å². The summed E-state index contributed by atoms with van der Waals surface area (Å²) >= 11 is 7.64. The van der Waals surface area contributed by atoms with E-state index in [-0.39, 0.29) is 0 Å². The van der Waals surface area contributed by atoms with Gasteiger partial charge in [0, 0.05) is 29.6 Å². The van der Waals surface area contributed by atoms with Gasteiger partial charge in [0.2, 0.25) is 0 Å². The van der Waals surface area contributed by atoms with Crippen molar-refractivity contribution >= 4 is 35.2 Å². The molecule has 0 saturated heterocycles. The highest BCUT2D eigenvalue weighted by atomic mass is 35.5. The monoisotopic (exact) mass is 375 g/mol. The van der Waals surface area contributed by atoms with Crippen molar-refractivity contribution in [1.82, 2.24) is 0 Å². The highest BCUT2D eigenvalue weighted by Crippen LogP contribution is 2.24. The predicted molar refractivity (Wildman–Crippen MR) is 104 cm³/mol. The van der Waals surface area contributed by atoms with Gasteiger partial charge in [0.05, 0.1) is 5.56 Å². The van der Waals surface area contributed by atoms with Crippen LogP contribution in [0.5, 0.6) is 5.75 Å². The molecule has 0 aliphatic carbocycles. The highest BCUT2D eigenvalue weighted by molar-refractivity contribution is 7.99. The second-order valence-corrected chi connectivity index (χ2v) is 6.60. The topological polar surface area (TPSA) is 49.8 Å². The van der Waals surface area contributed by atoms with E-state index in [4.69, 9.17) is 21.4 Å². The molecule has 0 saturated carbocycles. The molecule has 6 heteroatoms. The molecule has 0 aromatic heterocycles. The summed E-state index contributed by atoms with van der Waals surface area (Å²) in [6, 6.07) is 11.0. The maximum atomic E-state index is 10.7. The van der Waals surface area contributed by atoms with Crippen LogP contribution in [0.25, 0.3) is 0 Å². The molecule has 0 heterocycles. The van der Waals surface area contributed by atoms with Gasteiger partial charge in [0.1, 0.15) is 5.75 Å². The van der Waals surface area contributed by atoms with Gasteiger partial charge in [0.25, 0.3) is 0 Å². The molecule has 2 rings (SSSR count). The normalized spacial score (nSPS) is 9.92. The Morgan fingerprint density at radius 3 is 2.64 bits per heavy atom. The fraction of sp³-hybridized carbons (Fsp3) is 0.211. The van der Waals surface area contributed by atoms with Crippen molar-refractivity contribution in [1.29, 1.82) is 0 Å². The smallest absolute Gasteiger partial charge is 0.341 e. The average molecular weight is 376 g/mol. The Bertz CT molecular complexity index is 842. The van der Waals surface area contributed by atoms with Crippen molar-refractivity contribution in [2.24, 2.45) is 0 Å². The first-order valence-corrected chi connectivity index (χ1v) is 9.01. The Labute approximate surface area is 156 Å². The lowest BCUT2D eigenvalue weighted by Crippen LogP contribution is -2.10. The van der Waals surface area contributed by atoms with Gasteiger partial charge in [-0.15, -0.1) is 0 Å². The van der Waals surface area contributed by atoms with E-state index in [0.717, 1.165) is 16.8 Å². The van der Waals surface area contributed by atoms with Crippen molar-refractivity contribution in [3.8, 4) is 17.6 Å². The number of carboxylic acids is 1. The number of hydrogen-bond acceptors (Lipinski definition) is 4. The number of aliphatic carboxylic acids is 1. The molecule has 0 unspecified atom stereocenters. The van der Waals surface area contributed by atoms with E-state index in [2.05, 4.69) is 11.8 Å². The van der Waals surface area contributed by atoms with Crippen LogP contribution < -0.4 is 9.04 Å². The van der Waals surface area contributed by atoms with Crippen molar-refractivity contribution in [2.75, 3.05) is 24.2 Å². The lowest BCUT2D eigenvalue weighted by molar-refractivity contribution is -0.139. The molecule has 0 atom stereocenters. The van der Waals surface area contributed by atoms with Crippen LogP contribution >= 0.6 is 23.5 Å². The first-order chi connectivity index (χ1) is 11.9. The molecule has 0 spiro atoms. The summed E-state index contributed by atoms with van der Waals surface area (Å²) in [7, 11) is 1.99. The molecular weight excluding hydrogens is 358 g/mol. The van der Waals surface area contributed by atoms with Gasteiger partial charge in [-0.2, -0.15) is 0 Å². The SMILES string of the molecule is CSN(C)c1ccc(C)c(C#Cc2cc(Cl)ccc2OCC(=O)O)c1. The lowest BCUT2D eigenvalue weighted by Gasteiger charge is -2.16. The Balaban J connectivity index is 2.37. The number of aryl methyl sites for hydroxylation is 1. The van der Waals surface area contributed by atoms with Gasteiger partial charge in [-0.3, -0.25) is 0 Å². The number of benzene rings is 2. The second kappa shape index (κ2) is 8.70. The van der Waals surface area contributed by atoms with Crippen LogP contribution in [0.1, 0.15) is 16.7 Å². The quantitative estimate of drug-likeness (QED) is 0.626. The van der Waals surface area contributed by atoms with Crippen LogP contribution in [0.15, 0.2) is 36.4 Å². The van der Waals surface area contributed by atoms with E-state index < -0.39 is 12.6 Å². The summed E-state index contributed by atoms with van der Waals surface area (Å²) in [6.45, 7) is 1.57. The van der Waals surface area contributed by atoms with E-state index in [1.807, 2.05) is 42.7 Å². The fourth-order valence-electron chi connectivity index (χ4n) is 2.05. The number of nitrogens with zero attached hydrogens (tertiary/aromatic N) is 1. The third-order valence-electron chi connectivity index (χ3n) is 3.48. The minimum absolute atomic E-state index is 0.398. The molecule has 4 nitrogen and oxygen atoms in total. The summed E-state index contributed by atoms with van der Waals surface area (Å²) in [5, 5.41) is 9.29. The van der Waals surface area contributed by atoms with Gasteiger partial charge >= 0.3 is 5.97 Å². The average Bonchev–Trinajstić information content (AvgIpc) is 2.59. The van der Waals surface area contributed by atoms with Crippen molar-refractivity contribution in [3.63, 3.8) is 0 Å². The van der Waals surface area contributed by atoms with Gasteiger partial charge in [-0.25, -0.2) is 4.79 Å². The Hall–Kier alpha value is -2.29. The molecule has 25 heavy (non-hydrogen) atoms. The van der Waals surface area contributed by atoms with Crippen LogP contribution in [0.2, 0.25) is 5.02 Å². The molecular formula is C19H18ClNO3S. The predicted octanol–water partition coefficient (Wildman–Crippen LogP) is 4.23. The van der Waals surface area contributed by atoms with Crippen LogP contribution in [0.4, 0.5) is 5.69 Å². The molecule has 0 bridgehead atoms. The lowest BCUT2D eigenvalue weighted by atomic mass is 10.1. The largest absolute Gasteiger partial charge is 0.481 e. The standard InChI is InChI=1S/C19H18ClNO3S/c1-13-4-8-17(21(2)25-3)11-14(13)5-6-15-10-16(20)7-9-18(15)24-12-19(22)23/h4,7-11H,12H2,1-3H3,(H,22,23). The van der Waals surface area contributed by atoms with E-state index in [9.17, 15) is 4.79 Å². The molecule has 2 aromatic rings. The minimum atomic E-state index is -1.04. The first-order valence-electron chi connectivity index (χ1n) is 7.45. The Kier molecular flexibility index (Phi) is 6.63. The Morgan fingerprint density at radius 2 is 1.96 bits per heavy atom. The van der Waals surface area contributed by atoms with E-state index in [1.54, 1.807) is 30.1 Å². The van der Waals surface area contributed by atoms with E-state index >= 15 is 0 Å². The van der Waals surface area contributed by atoms with Crippen molar-refractivity contribution in [3.05, 3.63) is 58.1 Å². The number of carboxylic acid groups (broad SMARTS) is 1. The summed E-state index contributed by atoms with van der Waals surface area (Å²) in [5.74, 6) is 5.53. The van der Waals surface area contributed by atoms with Gasteiger partial charge < -0.3 is 14.1 Å². The summed E-state index contributed by atoms with van der Waals surface area (Å²) < 4.78 is 7.33. The maximum Gasteiger partial charge on any atom is 0.341 e. The molecule has 1 N–H and O–H groups in total. The zero-order chi connectivity index (χ0) is 18.4. The number of halogens is 1. The van der Waals surface area contributed by atoms with Crippen LogP contribution in [-0.4, -0.2) is 31.0 Å².